The van der Waals surface area contributed by atoms with Crippen molar-refractivity contribution in [2.45, 2.75) is 12.8 Å². The molecule has 0 amide bonds. The van der Waals surface area contributed by atoms with Crippen LogP contribution in [0.15, 0.2) is 42.5 Å². The molecular formula is C19H16FN3OS. The van der Waals surface area contributed by atoms with Gasteiger partial charge in [-0.25, -0.2) is 4.39 Å². The highest BCUT2D eigenvalue weighted by atomic mass is 32.2. The maximum Gasteiger partial charge on any atom is 0.123 e. The highest BCUT2D eigenvalue weighted by Crippen LogP contribution is 2.36. The van der Waals surface area contributed by atoms with Gasteiger partial charge in [-0.05, 0) is 55.3 Å². The van der Waals surface area contributed by atoms with Gasteiger partial charge >= 0.3 is 0 Å². The zero-order chi connectivity index (χ0) is 17.6. The topological polar surface area (TPSA) is 75.0 Å². The van der Waals surface area contributed by atoms with Gasteiger partial charge in [0.15, 0.2) is 0 Å². The lowest BCUT2D eigenvalue weighted by atomic mass is 10.1. The first-order valence-electron chi connectivity index (χ1n) is 7.95. The highest BCUT2D eigenvalue weighted by molar-refractivity contribution is 8.14. The van der Waals surface area contributed by atoms with Crippen molar-refractivity contribution in [3.05, 3.63) is 59.5 Å². The molecule has 3 aromatic rings. The van der Waals surface area contributed by atoms with Gasteiger partial charge in [0.2, 0.25) is 0 Å². The van der Waals surface area contributed by atoms with Gasteiger partial charge < -0.3 is 9.67 Å². The number of rotatable bonds is 2. The first kappa shape index (κ1) is 15.9. The number of hydrogen-bond acceptors (Lipinski definition) is 3. The summed E-state index contributed by atoms with van der Waals surface area (Å²) < 4.78 is 15.3. The van der Waals surface area contributed by atoms with Gasteiger partial charge in [-0.1, -0.05) is 0 Å². The van der Waals surface area contributed by atoms with E-state index in [1.807, 2.05) is 4.57 Å². The minimum absolute atomic E-state index is 0.106. The summed E-state index contributed by atoms with van der Waals surface area (Å²) in [5, 5.41) is 26.7. The van der Waals surface area contributed by atoms with E-state index in [4.69, 9.17) is 5.14 Å². The van der Waals surface area contributed by atoms with Crippen LogP contribution in [0.3, 0.4) is 0 Å². The van der Waals surface area contributed by atoms with Crippen LogP contribution in [0.2, 0.25) is 0 Å². The first-order chi connectivity index (χ1) is 12.1. The number of fused-ring (bicyclic) bond motifs is 1. The quantitative estimate of drug-likeness (QED) is 0.688. The molecule has 126 valence electrons. The summed E-state index contributed by atoms with van der Waals surface area (Å²) in [6, 6.07) is 13.4. The fraction of sp³-hybridized carbons (Fsp3) is 0.158. The number of halogens is 1. The SMILES string of the molecule is N#Cc1c(C2=S(N)CCC2)n(-c2ccc(F)cc2)c2ccc(O)cc12. The molecule has 1 atom stereocenters. The van der Waals surface area contributed by atoms with Gasteiger partial charge in [0, 0.05) is 21.7 Å². The zero-order valence-corrected chi connectivity index (χ0v) is 14.2. The maximum absolute atomic E-state index is 13.4. The molecule has 1 unspecified atom stereocenters. The van der Waals surface area contributed by atoms with E-state index < -0.39 is 0 Å². The van der Waals surface area contributed by atoms with Crippen molar-refractivity contribution in [2.75, 3.05) is 5.75 Å². The molecule has 1 aliphatic rings. The first-order valence-corrected chi connectivity index (χ1v) is 9.41. The Morgan fingerprint density at radius 2 is 1.96 bits per heavy atom. The molecule has 2 heterocycles. The molecule has 4 nitrogen and oxygen atoms in total. The van der Waals surface area contributed by atoms with E-state index >= 15 is 0 Å². The number of aromatic nitrogens is 1. The molecule has 1 aromatic heterocycles. The largest absolute Gasteiger partial charge is 0.508 e. The molecule has 6 heteroatoms. The lowest BCUT2D eigenvalue weighted by Crippen LogP contribution is -2.10. The Morgan fingerprint density at radius 1 is 1.20 bits per heavy atom. The minimum atomic E-state index is -0.386. The van der Waals surface area contributed by atoms with Crippen molar-refractivity contribution in [3.63, 3.8) is 0 Å². The van der Waals surface area contributed by atoms with Crippen LogP contribution >= 0.6 is 10.7 Å². The van der Waals surface area contributed by atoms with Crippen LogP contribution in [0.25, 0.3) is 16.6 Å². The monoisotopic (exact) mass is 353 g/mol. The molecular weight excluding hydrogens is 337 g/mol. The molecule has 0 saturated heterocycles. The van der Waals surface area contributed by atoms with E-state index in [1.54, 1.807) is 30.3 Å². The number of phenolic OH excluding ortho intramolecular Hbond substituents is 1. The number of aromatic hydroxyl groups is 1. The van der Waals surface area contributed by atoms with Crippen molar-refractivity contribution in [1.82, 2.24) is 4.57 Å². The molecule has 0 radical (unpaired) electrons. The molecule has 1 aliphatic heterocycles. The summed E-state index contributed by atoms with van der Waals surface area (Å²) in [4.78, 5) is 1.07. The van der Waals surface area contributed by atoms with Gasteiger partial charge in [0.05, 0.1) is 16.8 Å². The summed E-state index contributed by atoms with van der Waals surface area (Å²) in [7, 11) is -0.386. The average molecular weight is 353 g/mol. The van der Waals surface area contributed by atoms with Gasteiger partial charge in [-0.2, -0.15) is 5.26 Å². The summed E-state index contributed by atoms with van der Waals surface area (Å²) in [5.74, 6) is 0.707. The van der Waals surface area contributed by atoms with Gasteiger partial charge in [0.1, 0.15) is 17.6 Å². The summed E-state index contributed by atoms with van der Waals surface area (Å²) in [6.07, 6.45) is 1.84. The smallest absolute Gasteiger partial charge is 0.123 e. The Hall–Kier alpha value is -2.62. The Labute approximate surface area is 147 Å². The van der Waals surface area contributed by atoms with Crippen molar-refractivity contribution < 1.29 is 9.50 Å². The molecule has 0 aliphatic carbocycles. The second-order valence-electron chi connectivity index (χ2n) is 6.01. The molecule has 0 bridgehead atoms. The summed E-state index contributed by atoms with van der Waals surface area (Å²) in [5.41, 5.74) is 2.87. The lowest BCUT2D eigenvalue weighted by Gasteiger charge is -2.13. The molecule has 0 fully saturated rings. The molecule has 3 N–H and O–H groups in total. The number of hydrogen-bond donors (Lipinski definition) is 2. The summed E-state index contributed by atoms with van der Waals surface area (Å²) in [6.45, 7) is 0. The van der Waals surface area contributed by atoms with Crippen LogP contribution in [-0.4, -0.2) is 20.3 Å². The molecule has 0 spiro atoms. The van der Waals surface area contributed by atoms with Crippen molar-refractivity contribution >= 4 is 26.4 Å². The van der Waals surface area contributed by atoms with Crippen LogP contribution in [-0.2, 0) is 0 Å². The molecule has 4 rings (SSSR count). The van der Waals surface area contributed by atoms with E-state index in [2.05, 4.69) is 6.07 Å². The van der Waals surface area contributed by atoms with E-state index in [1.165, 1.54) is 12.1 Å². The van der Waals surface area contributed by atoms with Gasteiger partial charge in [-0.15, -0.1) is 10.7 Å². The Balaban J connectivity index is 2.14. The third-order valence-corrected chi connectivity index (χ3v) is 6.26. The maximum atomic E-state index is 13.4. The van der Waals surface area contributed by atoms with Crippen LogP contribution in [0.4, 0.5) is 4.39 Å². The van der Waals surface area contributed by atoms with Crippen molar-refractivity contribution in [1.29, 1.82) is 5.26 Å². The zero-order valence-electron chi connectivity index (χ0n) is 13.4. The number of phenols is 1. The minimum Gasteiger partial charge on any atom is -0.508 e. The fourth-order valence-electron chi connectivity index (χ4n) is 3.40. The molecule has 0 saturated carbocycles. The standard InChI is InChI=1S/C19H16FN3OS/c20-12-3-5-13(6-4-12)23-17-8-7-14(24)10-15(17)16(11-21)19(23)18-2-1-9-25(18)22/h3-8,10,24H,1-2,9,22H2. The second kappa shape index (κ2) is 6.03. The van der Waals surface area contributed by atoms with Crippen LogP contribution < -0.4 is 5.14 Å². The van der Waals surface area contributed by atoms with Crippen molar-refractivity contribution in [3.8, 4) is 17.5 Å². The third-order valence-electron chi connectivity index (χ3n) is 4.50. The highest BCUT2D eigenvalue weighted by Gasteiger charge is 2.25. The second-order valence-corrected chi connectivity index (χ2v) is 7.77. The lowest BCUT2D eigenvalue weighted by molar-refractivity contribution is 0.476. The predicted molar refractivity (Wildman–Crippen MR) is 99.6 cm³/mol. The van der Waals surface area contributed by atoms with E-state index in [0.717, 1.165) is 40.4 Å². The Morgan fingerprint density at radius 3 is 2.60 bits per heavy atom. The van der Waals surface area contributed by atoms with E-state index in [9.17, 15) is 14.8 Å². The number of benzene rings is 2. The van der Waals surface area contributed by atoms with Crippen LogP contribution in [0.1, 0.15) is 24.1 Å². The summed E-state index contributed by atoms with van der Waals surface area (Å²) >= 11 is 0. The van der Waals surface area contributed by atoms with Gasteiger partial charge in [-0.3, -0.25) is 5.14 Å². The number of nitrogens with zero attached hydrogens (tertiary/aromatic N) is 2. The fourth-order valence-corrected chi connectivity index (χ4v) is 4.95. The van der Waals surface area contributed by atoms with E-state index in [0.29, 0.717) is 10.9 Å². The Bertz CT molecular complexity index is 1060. The average Bonchev–Trinajstić information content (AvgIpc) is 3.15. The normalized spacial score (nSPS) is 17.2. The third kappa shape index (κ3) is 2.53. The number of nitrogens with two attached hydrogens (primary N) is 1. The van der Waals surface area contributed by atoms with Crippen LogP contribution in [0.5, 0.6) is 5.75 Å². The Kier molecular flexibility index (Phi) is 3.83. The van der Waals surface area contributed by atoms with Crippen LogP contribution in [0, 0.1) is 17.1 Å². The van der Waals surface area contributed by atoms with E-state index in [-0.39, 0.29) is 22.2 Å². The molecule has 2 aromatic carbocycles. The van der Waals surface area contributed by atoms with Crippen molar-refractivity contribution in [2.24, 2.45) is 5.14 Å². The predicted octanol–water partition coefficient (Wildman–Crippen LogP) is 3.80. The number of nitriles is 1. The van der Waals surface area contributed by atoms with Gasteiger partial charge in [0.25, 0.3) is 0 Å². The molecule has 25 heavy (non-hydrogen) atoms.